The molecule has 0 bridgehead atoms. The number of hydrogen-bond acceptors (Lipinski definition) is 2. The van der Waals surface area contributed by atoms with Crippen LogP contribution in [0.15, 0.2) is 53.7 Å². The third kappa shape index (κ3) is 2.24. The van der Waals surface area contributed by atoms with E-state index in [0.29, 0.717) is 5.92 Å². The first-order chi connectivity index (χ1) is 9.29. The average Bonchev–Trinajstić information content (AvgIpc) is 2.46. The van der Waals surface area contributed by atoms with Crippen LogP contribution < -0.4 is 0 Å². The van der Waals surface area contributed by atoms with E-state index in [1.807, 2.05) is 36.4 Å². The van der Waals surface area contributed by atoms with E-state index in [9.17, 15) is 0 Å². The molecule has 96 valence electrons. The summed E-state index contributed by atoms with van der Waals surface area (Å²) in [6.45, 7) is 0. The summed E-state index contributed by atoms with van der Waals surface area (Å²) < 4.78 is 0. The van der Waals surface area contributed by atoms with E-state index in [1.165, 1.54) is 11.1 Å². The molecule has 0 aliphatic heterocycles. The van der Waals surface area contributed by atoms with Crippen molar-refractivity contribution in [2.75, 3.05) is 0 Å². The van der Waals surface area contributed by atoms with Gasteiger partial charge in [0.1, 0.15) is 0 Å². The molecule has 0 radical (unpaired) electrons. The number of fused-ring (bicyclic) bond motifs is 1. The van der Waals surface area contributed by atoms with Crippen molar-refractivity contribution >= 4 is 17.3 Å². The zero-order chi connectivity index (χ0) is 13.2. The predicted molar refractivity (Wildman–Crippen MR) is 77.3 cm³/mol. The molecule has 0 heterocycles. The van der Waals surface area contributed by atoms with E-state index in [1.54, 1.807) is 0 Å². The maximum Gasteiger partial charge on any atom is 0.0871 e. The Labute approximate surface area is 117 Å². The smallest absolute Gasteiger partial charge is 0.0871 e. The number of halogens is 1. The predicted octanol–water partition coefficient (Wildman–Crippen LogP) is 4.44. The van der Waals surface area contributed by atoms with Crippen LogP contribution >= 0.6 is 11.6 Å². The lowest BCUT2D eigenvalue weighted by molar-refractivity contribution is 0.317. The van der Waals surface area contributed by atoms with Crippen LogP contribution in [0.25, 0.3) is 0 Å². The minimum atomic E-state index is 0.320. The minimum Gasteiger partial charge on any atom is -0.411 e. The molecule has 2 nitrogen and oxygen atoms in total. The first kappa shape index (κ1) is 12.2. The van der Waals surface area contributed by atoms with Crippen LogP contribution in [0.3, 0.4) is 0 Å². The van der Waals surface area contributed by atoms with Gasteiger partial charge in [-0.25, -0.2) is 0 Å². The van der Waals surface area contributed by atoms with Crippen LogP contribution in [-0.2, 0) is 0 Å². The molecule has 0 spiro atoms. The highest BCUT2D eigenvalue weighted by Crippen LogP contribution is 2.37. The van der Waals surface area contributed by atoms with E-state index in [4.69, 9.17) is 16.8 Å². The van der Waals surface area contributed by atoms with Gasteiger partial charge in [-0.15, -0.1) is 0 Å². The van der Waals surface area contributed by atoms with E-state index >= 15 is 0 Å². The van der Waals surface area contributed by atoms with Crippen LogP contribution in [-0.4, -0.2) is 10.9 Å². The Morgan fingerprint density at radius 1 is 1.11 bits per heavy atom. The molecule has 19 heavy (non-hydrogen) atoms. The Morgan fingerprint density at radius 2 is 1.95 bits per heavy atom. The second kappa shape index (κ2) is 5.06. The highest BCUT2D eigenvalue weighted by atomic mass is 35.5. The summed E-state index contributed by atoms with van der Waals surface area (Å²) in [6.07, 6.45) is 1.72. The van der Waals surface area contributed by atoms with Gasteiger partial charge in [0.2, 0.25) is 0 Å². The second-order valence-electron chi connectivity index (χ2n) is 4.78. The molecule has 2 aromatic carbocycles. The molecule has 3 rings (SSSR count). The minimum absolute atomic E-state index is 0.320. The van der Waals surface area contributed by atoms with Crippen LogP contribution in [0, 0.1) is 0 Å². The summed E-state index contributed by atoms with van der Waals surface area (Å²) in [7, 11) is 0. The molecule has 0 aromatic heterocycles. The van der Waals surface area contributed by atoms with Crippen molar-refractivity contribution in [3.8, 4) is 0 Å². The zero-order valence-corrected chi connectivity index (χ0v) is 11.1. The zero-order valence-electron chi connectivity index (χ0n) is 10.4. The standard InChI is InChI=1S/C16H14ClNO/c17-12-5-3-4-11(10-12)13-8-9-16(18-19)15-7-2-1-6-14(13)15/h1-7,10,13,19H,8-9H2/b18-16+. The average molecular weight is 272 g/mol. The molecule has 1 N–H and O–H groups in total. The highest BCUT2D eigenvalue weighted by molar-refractivity contribution is 6.30. The lowest BCUT2D eigenvalue weighted by Gasteiger charge is -2.26. The summed E-state index contributed by atoms with van der Waals surface area (Å²) in [5.74, 6) is 0.320. The Hall–Kier alpha value is -1.80. The number of rotatable bonds is 1. The summed E-state index contributed by atoms with van der Waals surface area (Å²) in [5, 5.41) is 13.3. The summed E-state index contributed by atoms with van der Waals surface area (Å²) in [6, 6.07) is 16.1. The lowest BCUT2D eigenvalue weighted by atomic mass is 9.78. The Bertz CT molecular complexity index is 636. The number of nitrogens with zero attached hydrogens (tertiary/aromatic N) is 1. The van der Waals surface area contributed by atoms with Gasteiger partial charge in [-0.2, -0.15) is 0 Å². The number of benzene rings is 2. The fourth-order valence-electron chi connectivity index (χ4n) is 2.81. The van der Waals surface area contributed by atoms with Crippen molar-refractivity contribution in [3.05, 3.63) is 70.2 Å². The maximum absolute atomic E-state index is 9.11. The molecule has 3 heteroatoms. The SMILES string of the molecule is O/N=C1\CCC(c2cccc(Cl)c2)c2ccccc21. The lowest BCUT2D eigenvalue weighted by Crippen LogP contribution is -2.17. The van der Waals surface area contributed by atoms with Crippen LogP contribution in [0.2, 0.25) is 5.02 Å². The normalized spacial score (nSPS) is 20.3. The second-order valence-corrected chi connectivity index (χ2v) is 5.22. The Kier molecular flexibility index (Phi) is 3.26. The first-order valence-electron chi connectivity index (χ1n) is 6.35. The van der Waals surface area contributed by atoms with Gasteiger partial charge < -0.3 is 5.21 Å². The van der Waals surface area contributed by atoms with Crippen molar-refractivity contribution in [1.29, 1.82) is 0 Å². The Balaban J connectivity index is 2.10. The molecule has 1 atom stereocenters. The summed E-state index contributed by atoms with van der Waals surface area (Å²) in [4.78, 5) is 0. The van der Waals surface area contributed by atoms with Gasteiger partial charge in [-0.1, -0.05) is 53.2 Å². The van der Waals surface area contributed by atoms with Gasteiger partial charge in [0.25, 0.3) is 0 Å². The molecule has 0 saturated heterocycles. The monoisotopic (exact) mass is 271 g/mol. The molecular weight excluding hydrogens is 258 g/mol. The topological polar surface area (TPSA) is 32.6 Å². The summed E-state index contributed by atoms with van der Waals surface area (Å²) >= 11 is 6.08. The van der Waals surface area contributed by atoms with E-state index in [0.717, 1.165) is 29.1 Å². The van der Waals surface area contributed by atoms with Crippen molar-refractivity contribution < 1.29 is 5.21 Å². The van der Waals surface area contributed by atoms with Gasteiger partial charge in [0.15, 0.2) is 0 Å². The van der Waals surface area contributed by atoms with Gasteiger partial charge >= 0.3 is 0 Å². The molecule has 0 fully saturated rings. The molecule has 0 amide bonds. The van der Waals surface area contributed by atoms with Crippen molar-refractivity contribution in [2.45, 2.75) is 18.8 Å². The summed E-state index contributed by atoms with van der Waals surface area (Å²) in [5.41, 5.74) is 4.25. The molecule has 2 aromatic rings. The highest BCUT2D eigenvalue weighted by Gasteiger charge is 2.25. The largest absolute Gasteiger partial charge is 0.411 e. The fourth-order valence-corrected chi connectivity index (χ4v) is 3.01. The van der Waals surface area contributed by atoms with Crippen molar-refractivity contribution in [2.24, 2.45) is 5.16 Å². The molecule has 1 aliphatic carbocycles. The maximum atomic E-state index is 9.11. The van der Waals surface area contributed by atoms with Gasteiger partial charge in [-0.3, -0.25) is 0 Å². The Morgan fingerprint density at radius 3 is 2.74 bits per heavy atom. The number of oxime groups is 1. The quantitative estimate of drug-likeness (QED) is 0.603. The van der Waals surface area contributed by atoms with Crippen molar-refractivity contribution in [1.82, 2.24) is 0 Å². The first-order valence-corrected chi connectivity index (χ1v) is 6.73. The molecular formula is C16H14ClNO. The third-order valence-corrected chi connectivity index (χ3v) is 3.92. The number of hydrogen-bond donors (Lipinski definition) is 1. The van der Waals surface area contributed by atoms with Gasteiger partial charge in [0.05, 0.1) is 5.71 Å². The van der Waals surface area contributed by atoms with E-state index in [2.05, 4.69) is 17.3 Å². The van der Waals surface area contributed by atoms with Gasteiger partial charge in [-0.05, 0) is 36.1 Å². The third-order valence-electron chi connectivity index (χ3n) is 3.69. The van der Waals surface area contributed by atoms with Crippen molar-refractivity contribution in [3.63, 3.8) is 0 Å². The fraction of sp³-hybridized carbons (Fsp3) is 0.188. The molecule has 1 unspecified atom stereocenters. The van der Waals surface area contributed by atoms with E-state index in [-0.39, 0.29) is 0 Å². The van der Waals surface area contributed by atoms with E-state index < -0.39 is 0 Å². The molecule has 0 saturated carbocycles. The van der Waals surface area contributed by atoms with Gasteiger partial charge in [0, 0.05) is 16.5 Å². The van der Waals surface area contributed by atoms with Crippen LogP contribution in [0.4, 0.5) is 0 Å². The molecule has 1 aliphatic rings. The van der Waals surface area contributed by atoms with Crippen LogP contribution in [0.1, 0.15) is 35.4 Å². The van der Waals surface area contributed by atoms with Crippen LogP contribution in [0.5, 0.6) is 0 Å².